The van der Waals surface area contributed by atoms with E-state index in [4.69, 9.17) is 18.9 Å². The van der Waals surface area contributed by atoms with Crippen LogP contribution in [0.5, 0.6) is 0 Å². The average molecular weight is 693 g/mol. The smallest absolute Gasteiger partial charge is 0.410 e. The first-order valence-corrected chi connectivity index (χ1v) is 17.7. The third-order valence-electron chi connectivity index (χ3n) is 9.26. The van der Waals surface area contributed by atoms with Gasteiger partial charge >= 0.3 is 24.1 Å². The van der Waals surface area contributed by atoms with Crippen LogP contribution in [0.1, 0.15) is 91.4 Å². The lowest BCUT2D eigenvalue weighted by molar-refractivity contribution is -0.146. The summed E-state index contributed by atoms with van der Waals surface area (Å²) in [5.74, 6) is -0.584. The zero-order chi connectivity index (χ0) is 36.4. The number of nitrogens with zero attached hydrogens (tertiary/aromatic N) is 2. The van der Waals surface area contributed by atoms with Crippen LogP contribution in [0, 0.1) is 11.8 Å². The number of rotatable bonds is 4. The third kappa shape index (κ3) is 7.94. The molecule has 0 aliphatic carbocycles. The molecule has 50 heavy (non-hydrogen) atoms. The van der Waals surface area contributed by atoms with Gasteiger partial charge in [0.2, 0.25) is 0 Å². The van der Waals surface area contributed by atoms with Crippen LogP contribution < -0.4 is 10.6 Å². The molecule has 12 nitrogen and oxygen atoms in total. The van der Waals surface area contributed by atoms with Crippen molar-refractivity contribution >= 4 is 35.5 Å². The molecule has 4 aliphatic rings. The highest BCUT2D eigenvalue weighted by Gasteiger charge is 2.51. The summed E-state index contributed by atoms with van der Waals surface area (Å²) in [4.78, 5) is 53.8. The lowest BCUT2D eigenvalue weighted by Gasteiger charge is -2.38. The summed E-state index contributed by atoms with van der Waals surface area (Å²) in [5, 5.41) is 6.61. The molecule has 12 heteroatoms. The second-order valence-corrected chi connectivity index (χ2v) is 15.1. The normalized spacial score (nSPS) is 24.8. The van der Waals surface area contributed by atoms with Gasteiger partial charge in [-0.1, -0.05) is 36.4 Å². The minimum atomic E-state index is -0.553. The molecule has 2 aromatic rings. The monoisotopic (exact) mass is 692 g/mol. The summed E-state index contributed by atoms with van der Waals surface area (Å²) in [6.45, 7) is 16.6. The van der Waals surface area contributed by atoms with Gasteiger partial charge in [0, 0.05) is 36.3 Å². The van der Waals surface area contributed by atoms with Crippen molar-refractivity contribution in [3.8, 4) is 0 Å². The lowest BCUT2D eigenvalue weighted by Crippen LogP contribution is -2.46. The molecule has 0 unspecified atom stereocenters. The Balaban J connectivity index is 0.000000194. The summed E-state index contributed by atoms with van der Waals surface area (Å²) < 4.78 is 21.6. The standard InChI is InChI=1S/2C19H26N2O4/c2*1-5-24-17(22)15-13-10-11-21(18(23)25-19(2,3)4)16(13)12-8-6-7-9-14(12)20-15/h2*6-9,13,15-16,20H,5,10-11H2,1-4H3/t2*13-,15-,16+/m10/s1. The van der Waals surface area contributed by atoms with Gasteiger partial charge in [0.15, 0.2) is 0 Å². The molecule has 272 valence electrons. The zero-order valence-electron chi connectivity index (χ0n) is 30.5. The molecule has 2 aromatic carbocycles. The number of hydrogen-bond donors (Lipinski definition) is 2. The maximum atomic E-state index is 12.7. The third-order valence-corrected chi connectivity index (χ3v) is 9.26. The number of carbonyl (C=O) groups excluding carboxylic acids is 4. The molecule has 4 aliphatic heterocycles. The van der Waals surface area contributed by atoms with Gasteiger partial charge in [0.05, 0.1) is 25.3 Å². The van der Waals surface area contributed by atoms with Gasteiger partial charge in [-0.2, -0.15) is 0 Å². The van der Waals surface area contributed by atoms with E-state index in [-0.39, 0.29) is 48.0 Å². The molecular weight excluding hydrogens is 640 g/mol. The van der Waals surface area contributed by atoms with Gasteiger partial charge < -0.3 is 39.4 Å². The highest BCUT2D eigenvalue weighted by molar-refractivity contribution is 5.83. The van der Waals surface area contributed by atoms with Crippen LogP contribution in [0.15, 0.2) is 48.5 Å². The number of benzene rings is 2. The number of amides is 2. The molecule has 2 amide bonds. The number of para-hydroxylation sites is 2. The number of anilines is 2. The van der Waals surface area contributed by atoms with Crippen LogP contribution in [0.2, 0.25) is 0 Å². The Kier molecular flexibility index (Phi) is 10.9. The van der Waals surface area contributed by atoms with E-state index in [1.807, 2.05) is 90.1 Å². The number of esters is 2. The molecular formula is C38H52N4O8. The van der Waals surface area contributed by atoms with E-state index in [1.165, 1.54) is 0 Å². The lowest BCUT2D eigenvalue weighted by atomic mass is 9.83. The Bertz CT molecular complexity index is 1450. The molecule has 0 bridgehead atoms. The van der Waals surface area contributed by atoms with Gasteiger partial charge in [0.25, 0.3) is 0 Å². The van der Waals surface area contributed by atoms with Crippen LogP contribution >= 0.6 is 0 Å². The van der Waals surface area contributed by atoms with Crippen LogP contribution in [0.4, 0.5) is 21.0 Å². The molecule has 2 fully saturated rings. The van der Waals surface area contributed by atoms with Gasteiger partial charge in [-0.05, 0) is 91.5 Å². The van der Waals surface area contributed by atoms with Crippen molar-refractivity contribution in [1.29, 1.82) is 0 Å². The number of ether oxygens (including phenoxy) is 4. The molecule has 2 saturated heterocycles. The Morgan fingerprint density at radius 1 is 0.640 bits per heavy atom. The van der Waals surface area contributed by atoms with E-state index in [2.05, 4.69) is 10.6 Å². The first-order valence-electron chi connectivity index (χ1n) is 17.7. The Morgan fingerprint density at radius 3 is 1.34 bits per heavy atom. The van der Waals surface area contributed by atoms with E-state index in [0.717, 1.165) is 35.3 Å². The molecule has 0 radical (unpaired) electrons. The maximum absolute atomic E-state index is 12.7. The maximum Gasteiger partial charge on any atom is 0.410 e. The molecule has 6 atom stereocenters. The largest absolute Gasteiger partial charge is 0.464 e. The molecule has 0 aromatic heterocycles. The van der Waals surface area contributed by atoms with Crippen LogP contribution in [0.3, 0.4) is 0 Å². The number of fused-ring (bicyclic) bond motifs is 6. The Labute approximate surface area is 295 Å². The topological polar surface area (TPSA) is 136 Å². The van der Waals surface area contributed by atoms with E-state index in [1.54, 1.807) is 23.6 Å². The van der Waals surface area contributed by atoms with Crippen molar-refractivity contribution in [2.75, 3.05) is 36.9 Å². The zero-order valence-corrected chi connectivity index (χ0v) is 30.5. The van der Waals surface area contributed by atoms with Gasteiger partial charge in [-0.25, -0.2) is 19.2 Å². The highest BCUT2D eigenvalue weighted by atomic mass is 16.6. The molecule has 6 rings (SSSR count). The molecule has 0 spiro atoms. The number of hydrogen-bond acceptors (Lipinski definition) is 10. The molecule has 0 saturated carbocycles. The van der Waals surface area contributed by atoms with Crippen LogP contribution in [-0.4, -0.2) is 83.5 Å². The quantitative estimate of drug-likeness (QED) is 0.264. The Morgan fingerprint density at radius 2 is 1.00 bits per heavy atom. The second kappa shape index (κ2) is 14.8. The summed E-state index contributed by atoms with van der Waals surface area (Å²) in [7, 11) is 0. The summed E-state index contributed by atoms with van der Waals surface area (Å²) >= 11 is 0. The van der Waals surface area contributed by atoms with E-state index in [0.29, 0.717) is 26.3 Å². The summed E-state index contributed by atoms with van der Waals surface area (Å²) in [6, 6.07) is 14.4. The van der Waals surface area contributed by atoms with Crippen LogP contribution in [0.25, 0.3) is 0 Å². The minimum absolute atomic E-state index is 0.0264. The van der Waals surface area contributed by atoms with E-state index < -0.39 is 23.3 Å². The van der Waals surface area contributed by atoms with E-state index in [9.17, 15) is 19.2 Å². The Hall–Kier alpha value is -4.48. The van der Waals surface area contributed by atoms with Crippen LogP contribution in [-0.2, 0) is 28.5 Å². The van der Waals surface area contributed by atoms with Gasteiger partial charge in [0.1, 0.15) is 23.3 Å². The SMILES string of the molecule is CCOC(=O)[C@@H]1Nc2ccccc2[C@H]2[C@@H]1CCN2C(=O)OC(C)(C)C.CCOC(=O)[C@H]1Nc2ccccc2[C@@H]2[C@H]1CCN2C(=O)OC(C)(C)C. The number of carbonyl (C=O) groups is 4. The fourth-order valence-electron chi connectivity index (χ4n) is 7.43. The van der Waals surface area contributed by atoms with Crippen molar-refractivity contribution in [2.45, 2.75) is 104 Å². The van der Waals surface area contributed by atoms with Crippen molar-refractivity contribution < 1.29 is 38.1 Å². The molecule has 2 N–H and O–H groups in total. The predicted octanol–water partition coefficient (Wildman–Crippen LogP) is 6.68. The van der Waals surface area contributed by atoms with Gasteiger partial charge in [-0.3, -0.25) is 0 Å². The second-order valence-electron chi connectivity index (χ2n) is 15.1. The van der Waals surface area contributed by atoms with E-state index >= 15 is 0 Å². The highest BCUT2D eigenvalue weighted by Crippen LogP contribution is 2.48. The summed E-state index contributed by atoms with van der Waals surface area (Å²) in [6.07, 6.45) is 0.794. The fourth-order valence-corrected chi connectivity index (χ4v) is 7.43. The number of nitrogens with one attached hydrogen (secondary N) is 2. The average Bonchev–Trinajstić information content (AvgIpc) is 3.69. The summed E-state index contributed by atoms with van der Waals surface area (Å²) in [5.41, 5.74) is 2.69. The minimum Gasteiger partial charge on any atom is -0.464 e. The predicted molar refractivity (Wildman–Crippen MR) is 189 cm³/mol. The fraction of sp³-hybridized carbons (Fsp3) is 0.579. The van der Waals surface area contributed by atoms with Crippen molar-refractivity contribution in [3.63, 3.8) is 0 Å². The molecule has 4 heterocycles. The first kappa shape index (κ1) is 36.8. The van der Waals surface area contributed by atoms with Crippen molar-refractivity contribution in [1.82, 2.24) is 9.80 Å². The van der Waals surface area contributed by atoms with Crippen molar-refractivity contribution in [3.05, 3.63) is 59.7 Å². The first-order chi connectivity index (χ1) is 23.6. The van der Waals surface area contributed by atoms with Gasteiger partial charge in [-0.15, -0.1) is 0 Å². The number of likely N-dealkylation sites (tertiary alicyclic amines) is 2. The van der Waals surface area contributed by atoms with Crippen molar-refractivity contribution in [2.24, 2.45) is 11.8 Å².